The van der Waals surface area contributed by atoms with Gasteiger partial charge in [-0.25, -0.2) is 0 Å². The van der Waals surface area contributed by atoms with Gasteiger partial charge in [-0.1, -0.05) is 13.3 Å². The van der Waals surface area contributed by atoms with Crippen LogP contribution in [0.2, 0.25) is 0 Å². The predicted octanol–water partition coefficient (Wildman–Crippen LogP) is 1.19. The zero-order chi connectivity index (χ0) is 12.0. The second kappa shape index (κ2) is 6.86. The lowest BCUT2D eigenvalue weighted by Gasteiger charge is -2.35. The first kappa shape index (κ1) is 13.5. The Hall–Kier alpha value is -0.610. The first-order valence-electron chi connectivity index (χ1n) is 6.32. The van der Waals surface area contributed by atoms with E-state index in [0.717, 1.165) is 32.3 Å². The molecule has 4 heteroatoms. The zero-order valence-corrected chi connectivity index (χ0v) is 10.4. The minimum absolute atomic E-state index is 0.00719. The van der Waals surface area contributed by atoms with Gasteiger partial charge in [0.1, 0.15) is 0 Å². The highest BCUT2D eigenvalue weighted by atomic mass is 16.5. The Balaban J connectivity index is 2.07. The van der Waals surface area contributed by atoms with Gasteiger partial charge in [-0.05, 0) is 26.2 Å². The third-order valence-corrected chi connectivity index (χ3v) is 2.97. The summed E-state index contributed by atoms with van der Waals surface area (Å²) in [5.74, 6) is 0.0842. The molecule has 1 saturated carbocycles. The van der Waals surface area contributed by atoms with E-state index in [0.29, 0.717) is 18.6 Å². The van der Waals surface area contributed by atoms with E-state index in [1.807, 2.05) is 6.92 Å². The summed E-state index contributed by atoms with van der Waals surface area (Å²) >= 11 is 0. The topological polar surface area (TPSA) is 64.4 Å². The summed E-state index contributed by atoms with van der Waals surface area (Å²) in [6.07, 6.45) is 4.64. The number of rotatable bonds is 7. The molecule has 1 unspecified atom stereocenters. The van der Waals surface area contributed by atoms with Crippen molar-refractivity contribution in [3.8, 4) is 0 Å². The molecule has 16 heavy (non-hydrogen) atoms. The van der Waals surface area contributed by atoms with Gasteiger partial charge in [-0.3, -0.25) is 4.79 Å². The van der Waals surface area contributed by atoms with E-state index >= 15 is 0 Å². The van der Waals surface area contributed by atoms with Gasteiger partial charge in [0.2, 0.25) is 5.91 Å². The van der Waals surface area contributed by atoms with Crippen molar-refractivity contribution < 1.29 is 9.53 Å². The largest absolute Gasteiger partial charge is 0.378 e. The van der Waals surface area contributed by atoms with Gasteiger partial charge < -0.3 is 15.8 Å². The lowest BCUT2D eigenvalue weighted by atomic mass is 9.89. The molecule has 1 atom stereocenters. The molecule has 3 N–H and O–H groups in total. The lowest BCUT2D eigenvalue weighted by molar-refractivity contribution is -0.124. The van der Waals surface area contributed by atoms with Gasteiger partial charge in [0.25, 0.3) is 0 Å². The molecule has 0 aromatic heterocycles. The summed E-state index contributed by atoms with van der Waals surface area (Å²) in [5.41, 5.74) is 5.81. The molecule has 0 bridgehead atoms. The standard InChI is InChI=1S/C12H24N2O2/c1-3-5-9(13)6-12(15)14-10-7-11(8-10)16-4-2/h9-11H,3-8,13H2,1-2H3,(H,14,15). The Labute approximate surface area is 97.9 Å². The van der Waals surface area contributed by atoms with E-state index in [2.05, 4.69) is 12.2 Å². The second-order valence-corrected chi connectivity index (χ2v) is 4.57. The van der Waals surface area contributed by atoms with Crippen molar-refractivity contribution in [1.82, 2.24) is 5.32 Å². The molecule has 1 rings (SSSR count). The van der Waals surface area contributed by atoms with Crippen LogP contribution in [0.1, 0.15) is 46.0 Å². The molecule has 4 nitrogen and oxygen atoms in total. The third kappa shape index (κ3) is 4.49. The van der Waals surface area contributed by atoms with Gasteiger partial charge in [-0.15, -0.1) is 0 Å². The second-order valence-electron chi connectivity index (χ2n) is 4.57. The van der Waals surface area contributed by atoms with Crippen LogP contribution in [0.3, 0.4) is 0 Å². The summed E-state index contributed by atoms with van der Waals surface area (Å²) in [5, 5.41) is 3.00. The molecule has 0 radical (unpaired) electrons. The Morgan fingerprint density at radius 3 is 2.75 bits per heavy atom. The van der Waals surface area contributed by atoms with E-state index in [1.54, 1.807) is 0 Å². The van der Waals surface area contributed by atoms with Crippen LogP contribution in [0.5, 0.6) is 0 Å². The fraction of sp³-hybridized carbons (Fsp3) is 0.917. The Morgan fingerprint density at radius 2 is 2.19 bits per heavy atom. The van der Waals surface area contributed by atoms with Crippen LogP contribution >= 0.6 is 0 Å². The average molecular weight is 228 g/mol. The third-order valence-electron chi connectivity index (χ3n) is 2.97. The summed E-state index contributed by atoms with van der Waals surface area (Å²) < 4.78 is 5.43. The van der Waals surface area contributed by atoms with Gasteiger partial charge >= 0.3 is 0 Å². The Bertz CT molecular complexity index is 215. The smallest absolute Gasteiger partial charge is 0.221 e. The molecule has 1 aliphatic carbocycles. The van der Waals surface area contributed by atoms with Crippen LogP contribution in [0.15, 0.2) is 0 Å². The van der Waals surface area contributed by atoms with Crippen molar-refractivity contribution in [2.75, 3.05) is 6.61 Å². The zero-order valence-electron chi connectivity index (χ0n) is 10.4. The van der Waals surface area contributed by atoms with Crippen LogP contribution in [0, 0.1) is 0 Å². The number of carbonyl (C=O) groups excluding carboxylic acids is 1. The highest BCUT2D eigenvalue weighted by Gasteiger charge is 2.30. The molecule has 1 aliphatic rings. The van der Waals surface area contributed by atoms with Gasteiger partial charge in [0, 0.05) is 25.1 Å². The van der Waals surface area contributed by atoms with Crippen LogP contribution < -0.4 is 11.1 Å². The molecule has 0 aromatic rings. The number of carbonyl (C=O) groups is 1. The van der Waals surface area contributed by atoms with Crippen molar-refractivity contribution in [3.63, 3.8) is 0 Å². The first-order chi connectivity index (χ1) is 7.65. The lowest BCUT2D eigenvalue weighted by Crippen LogP contribution is -2.48. The van der Waals surface area contributed by atoms with E-state index in [4.69, 9.17) is 10.5 Å². The van der Waals surface area contributed by atoms with E-state index < -0.39 is 0 Å². The first-order valence-corrected chi connectivity index (χ1v) is 6.32. The minimum Gasteiger partial charge on any atom is -0.378 e. The number of nitrogens with two attached hydrogens (primary N) is 1. The highest BCUT2D eigenvalue weighted by molar-refractivity contribution is 5.77. The minimum atomic E-state index is 0.00719. The number of ether oxygens (including phenoxy) is 1. The van der Waals surface area contributed by atoms with Crippen molar-refractivity contribution >= 4 is 5.91 Å². The highest BCUT2D eigenvalue weighted by Crippen LogP contribution is 2.23. The van der Waals surface area contributed by atoms with Crippen molar-refractivity contribution in [2.24, 2.45) is 5.73 Å². The van der Waals surface area contributed by atoms with Gasteiger partial charge in [0.15, 0.2) is 0 Å². The number of amides is 1. The van der Waals surface area contributed by atoms with Crippen molar-refractivity contribution in [3.05, 3.63) is 0 Å². The molecule has 94 valence electrons. The molecular formula is C12H24N2O2. The normalized spacial score (nSPS) is 25.9. The molecule has 0 saturated heterocycles. The number of hydrogen-bond acceptors (Lipinski definition) is 3. The van der Waals surface area contributed by atoms with Gasteiger partial charge in [-0.2, -0.15) is 0 Å². The maximum atomic E-state index is 11.6. The molecule has 0 aromatic carbocycles. The molecule has 0 spiro atoms. The SMILES string of the molecule is CCCC(N)CC(=O)NC1CC(OCC)C1. The van der Waals surface area contributed by atoms with Crippen LogP contribution in [0.25, 0.3) is 0 Å². The Morgan fingerprint density at radius 1 is 1.50 bits per heavy atom. The van der Waals surface area contributed by atoms with E-state index in [9.17, 15) is 4.79 Å². The summed E-state index contributed by atoms with van der Waals surface area (Å²) in [6, 6.07) is 0.311. The quantitative estimate of drug-likeness (QED) is 0.688. The fourth-order valence-electron chi connectivity index (χ4n) is 2.05. The monoisotopic (exact) mass is 228 g/mol. The van der Waals surface area contributed by atoms with Gasteiger partial charge in [0.05, 0.1) is 6.10 Å². The van der Waals surface area contributed by atoms with Crippen LogP contribution in [0.4, 0.5) is 0 Å². The molecule has 0 heterocycles. The van der Waals surface area contributed by atoms with E-state index in [1.165, 1.54) is 0 Å². The van der Waals surface area contributed by atoms with Crippen molar-refractivity contribution in [2.45, 2.75) is 64.1 Å². The summed E-state index contributed by atoms with van der Waals surface area (Å²) in [7, 11) is 0. The number of hydrogen-bond donors (Lipinski definition) is 2. The molecule has 0 aliphatic heterocycles. The van der Waals surface area contributed by atoms with Crippen LogP contribution in [-0.2, 0) is 9.53 Å². The summed E-state index contributed by atoms with van der Waals surface area (Å²) in [6.45, 7) is 4.83. The van der Waals surface area contributed by atoms with E-state index in [-0.39, 0.29) is 11.9 Å². The molecule has 1 fully saturated rings. The predicted molar refractivity (Wildman–Crippen MR) is 64.1 cm³/mol. The maximum absolute atomic E-state index is 11.6. The maximum Gasteiger partial charge on any atom is 0.221 e. The Kier molecular flexibility index (Phi) is 5.77. The summed E-state index contributed by atoms with van der Waals surface area (Å²) in [4.78, 5) is 11.6. The molecular weight excluding hydrogens is 204 g/mol. The van der Waals surface area contributed by atoms with Crippen LogP contribution in [-0.4, -0.2) is 30.7 Å². The average Bonchev–Trinajstić information content (AvgIpc) is 2.14. The molecule has 1 amide bonds. The van der Waals surface area contributed by atoms with Crippen molar-refractivity contribution in [1.29, 1.82) is 0 Å². The fourth-order valence-corrected chi connectivity index (χ4v) is 2.05. The number of nitrogens with one attached hydrogen (secondary N) is 1.